The number of nitro benzene ring substituents is 1. The molecule has 1 saturated heterocycles. The molecule has 1 unspecified atom stereocenters. The molecule has 1 aromatic carbocycles. The van der Waals surface area contributed by atoms with Crippen molar-refractivity contribution >= 4 is 11.6 Å². The van der Waals surface area contributed by atoms with Gasteiger partial charge in [-0.05, 0) is 23.3 Å². The van der Waals surface area contributed by atoms with Gasteiger partial charge in [0.1, 0.15) is 0 Å². The molecule has 6 heteroatoms. The zero-order valence-corrected chi connectivity index (χ0v) is 15.1. The van der Waals surface area contributed by atoms with E-state index in [-0.39, 0.29) is 28.5 Å². The molecule has 0 bridgehead atoms. The molecule has 1 amide bonds. The Balaban J connectivity index is 2.34. The van der Waals surface area contributed by atoms with Gasteiger partial charge in [0.25, 0.3) is 11.6 Å². The first-order valence-corrected chi connectivity index (χ1v) is 8.27. The quantitative estimate of drug-likeness (QED) is 0.665. The molecular formula is C18H27N3O3. The molecule has 0 saturated carbocycles. The predicted molar refractivity (Wildman–Crippen MR) is 94.1 cm³/mol. The van der Waals surface area contributed by atoms with Gasteiger partial charge in [0, 0.05) is 36.3 Å². The van der Waals surface area contributed by atoms with Gasteiger partial charge in [0.05, 0.1) is 4.92 Å². The van der Waals surface area contributed by atoms with E-state index in [0.717, 1.165) is 6.42 Å². The lowest BCUT2D eigenvalue weighted by atomic mass is 9.79. The minimum atomic E-state index is -0.409. The van der Waals surface area contributed by atoms with Crippen LogP contribution < -0.4 is 5.73 Å². The van der Waals surface area contributed by atoms with E-state index in [1.807, 2.05) is 34.6 Å². The van der Waals surface area contributed by atoms with Gasteiger partial charge >= 0.3 is 0 Å². The summed E-state index contributed by atoms with van der Waals surface area (Å²) < 4.78 is 0. The molecule has 0 aliphatic carbocycles. The topological polar surface area (TPSA) is 89.5 Å². The lowest BCUT2D eigenvalue weighted by molar-refractivity contribution is -0.386. The number of carbonyl (C=O) groups is 1. The summed E-state index contributed by atoms with van der Waals surface area (Å²) in [6.45, 7) is 11.0. The summed E-state index contributed by atoms with van der Waals surface area (Å²) in [5.74, 6) is -0.168. The van der Waals surface area contributed by atoms with Gasteiger partial charge in [-0.1, -0.05) is 40.7 Å². The van der Waals surface area contributed by atoms with Crippen molar-refractivity contribution < 1.29 is 9.72 Å². The smallest absolute Gasteiger partial charge is 0.273 e. The van der Waals surface area contributed by atoms with Crippen molar-refractivity contribution in [1.29, 1.82) is 0 Å². The number of piperidine rings is 1. The zero-order chi connectivity index (χ0) is 18.3. The highest BCUT2D eigenvalue weighted by atomic mass is 16.6. The van der Waals surface area contributed by atoms with Crippen LogP contribution >= 0.6 is 0 Å². The van der Waals surface area contributed by atoms with E-state index in [1.54, 1.807) is 17.0 Å². The number of nitro groups is 1. The molecule has 0 spiro atoms. The minimum absolute atomic E-state index is 0.00122. The second kappa shape index (κ2) is 6.16. The molecular weight excluding hydrogens is 306 g/mol. The van der Waals surface area contributed by atoms with Crippen LogP contribution in [0, 0.1) is 15.5 Å². The fourth-order valence-electron chi connectivity index (χ4n) is 3.18. The number of benzene rings is 1. The van der Waals surface area contributed by atoms with Crippen molar-refractivity contribution in [3.05, 3.63) is 39.4 Å². The van der Waals surface area contributed by atoms with E-state index in [9.17, 15) is 14.9 Å². The standard InChI is InChI=1S/C18H27N3O3/c1-17(2,3)13-7-6-12(10-14(13)21(23)24)16(22)20-9-8-15(19)18(4,5)11-20/h6-7,10,15H,8-9,11,19H2,1-5H3. The predicted octanol–water partition coefficient (Wildman–Crippen LogP) is 3.09. The van der Waals surface area contributed by atoms with Crippen LogP contribution in [-0.4, -0.2) is 34.9 Å². The van der Waals surface area contributed by atoms with Crippen LogP contribution in [0.25, 0.3) is 0 Å². The Labute approximate surface area is 143 Å². The number of nitrogens with two attached hydrogens (primary N) is 1. The Morgan fingerprint density at radius 1 is 1.38 bits per heavy atom. The molecule has 1 aliphatic heterocycles. The highest BCUT2D eigenvalue weighted by molar-refractivity contribution is 5.95. The van der Waals surface area contributed by atoms with Gasteiger partial charge < -0.3 is 10.6 Å². The van der Waals surface area contributed by atoms with Crippen molar-refractivity contribution in [2.75, 3.05) is 13.1 Å². The molecule has 24 heavy (non-hydrogen) atoms. The summed E-state index contributed by atoms with van der Waals surface area (Å²) in [5.41, 5.74) is 6.59. The van der Waals surface area contributed by atoms with E-state index < -0.39 is 4.92 Å². The third-order valence-corrected chi connectivity index (χ3v) is 4.85. The van der Waals surface area contributed by atoms with E-state index in [2.05, 4.69) is 0 Å². The maximum Gasteiger partial charge on any atom is 0.273 e. The molecule has 0 aromatic heterocycles. The number of likely N-dealkylation sites (tertiary alicyclic amines) is 1. The summed E-state index contributed by atoms with van der Waals surface area (Å²) in [6.07, 6.45) is 0.737. The Morgan fingerprint density at radius 3 is 2.50 bits per heavy atom. The average molecular weight is 333 g/mol. The maximum atomic E-state index is 12.8. The van der Waals surface area contributed by atoms with Crippen LogP contribution in [-0.2, 0) is 5.41 Å². The van der Waals surface area contributed by atoms with Crippen LogP contribution in [0.4, 0.5) is 5.69 Å². The summed E-state index contributed by atoms with van der Waals surface area (Å²) in [5, 5.41) is 11.4. The fourth-order valence-corrected chi connectivity index (χ4v) is 3.18. The van der Waals surface area contributed by atoms with Crippen molar-refractivity contribution in [3.63, 3.8) is 0 Å². The third-order valence-electron chi connectivity index (χ3n) is 4.85. The Morgan fingerprint density at radius 2 is 2.00 bits per heavy atom. The summed E-state index contributed by atoms with van der Waals surface area (Å²) in [4.78, 5) is 25.6. The van der Waals surface area contributed by atoms with Crippen LogP contribution in [0.1, 0.15) is 57.0 Å². The van der Waals surface area contributed by atoms with Crippen LogP contribution in [0.3, 0.4) is 0 Å². The van der Waals surface area contributed by atoms with Gasteiger partial charge in [-0.3, -0.25) is 14.9 Å². The molecule has 1 heterocycles. The van der Waals surface area contributed by atoms with Crippen molar-refractivity contribution in [1.82, 2.24) is 4.90 Å². The first-order valence-electron chi connectivity index (χ1n) is 8.27. The fraction of sp³-hybridized carbons (Fsp3) is 0.611. The SMILES string of the molecule is CC(C)(C)c1ccc(C(=O)N2CCC(N)C(C)(C)C2)cc1[N+](=O)[O-]. The summed E-state index contributed by atoms with van der Waals surface area (Å²) in [7, 11) is 0. The zero-order valence-electron chi connectivity index (χ0n) is 15.1. The largest absolute Gasteiger partial charge is 0.338 e. The number of hydrogen-bond donors (Lipinski definition) is 1. The normalized spacial score (nSPS) is 20.8. The summed E-state index contributed by atoms with van der Waals surface area (Å²) >= 11 is 0. The number of amides is 1. The molecule has 0 radical (unpaired) electrons. The summed E-state index contributed by atoms with van der Waals surface area (Å²) in [6, 6.07) is 4.85. The van der Waals surface area contributed by atoms with E-state index in [4.69, 9.17) is 5.73 Å². The Bertz CT molecular complexity index is 662. The maximum absolute atomic E-state index is 12.8. The van der Waals surface area contributed by atoms with Crippen LogP contribution in [0.5, 0.6) is 0 Å². The number of rotatable bonds is 2. The van der Waals surface area contributed by atoms with E-state index in [1.165, 1.54) is 6.07 Å². The van der Waals surface area contributed by atoms with Crippen molar-refractivity contribution in [2.45, 2.75) is 52.5 Å². The lowest BCUT2D eigenvalue weighted by Crippen LogP contribution is -2.54. The average Bonchev–Trinajstić information content (AvgIpc) is 2.47. The molecule has 2 N–H and O–H groups in total. The first kappa shape index (κ1) is 18.4. The molecule has 1 atom stereocenters. The van der Waals surface area contributed by atoms with Gasteiger partial charge in [-0.2, -0.15) is 0 Å². The molecule has 1 aliphatic rings. The van der Waals surface area contributed by atoms with Crippen molar-refractivity contribution in [3.8, 4) is 0 Å². The number of nitrogens with zero attached hydrogens (tertiary/aromatic N) is 2. The van der Waals surface area contributed by atoms with Crippen LogP contribution in [0.15, 0.2) is 18.2 Å². The molecule has 1 fully saturated rings. The second-order valence-corrected chi connectivity index (χ2v) is 8.35. The van der Waals surface area contributed by atoms with E-state index >= 15 is 0 Å². The second-order valence-electron chi connectivity index (χ2n) is 8.35. The van der Waals surface area contributed by atoms with Gasteiger partial charge in [0.15, 0.2) is 0 Å². The molecule has 2 rings (SSSR count). The van der Waals surface area contributed by atoms with Gasteiger partial charge in [0.2, 0.25) is 0 Å². The lowest BCUT2D eigenvalue weighted by Gasteiger charge is -2.42. The molecule has 6 nitrogen and oxygen atoms in total. The van der Waals surface area contributed by atoms with Gasteiger partial charge in [-0.15, -0.1) is 0 Å². The highest BCUT2D eigenvalue weighted by Gasteiger charge is 2.36. The van der Waals surface area contributed by atoms with Crippen molar-refractivity contribution in [2.24, 2.45) is 11.1 Å². The minimum Gasteiger partial charge on any atom is -0.338 e. The number of carbonyl (C=O) groups excluding carboxylic acids is 1. The number of hydrogen-bond acceptors (Lipinski definition) is 4. The molecule has 132 valence electrons. The van der Waals surface area contributed by atoms with E-state index in [0.29, 0.717) is 24.2 Å². The Kier molecular flexibility index (Phi) is 4.72. The Hall–Kier alpha value is -1.95. The first-order chi connectivity index (χ1) is 10.9. The third kappa shape index (κ3) is 3.59. The molecule has 1 aromatic rings. The van der Waals surface area contributed by atoms with Gasteiger partial charge in [-0.25, -0.2) is 0 Å². The monoisotopic (exact) mass is 333 g/mol. The van der Waals surface area contributed by atoms with Crippen LogP contribution in [0.2, 0.25) is 0 Å². The highest BCUT2D eigenvalue weighted by Crippen LogP contribution is 2.33.